The Labute approximate surface area is 82.4 Å². The minimum absolute atomic E-state index is 0.634. The van der Waals surface area contributed by atoms with Crippen molar-refractivity contribution in [1.82, 2.24) is 0 Å². The molecule has 1 fully saturated rings. The van der Waals surface area contributed by atoms with Gasteiger partial charge in [0.15, 0.2) is 0 Å². The fraction of sp³-hybridized carbons (Fsp3) is 0.846. The van der Waals surface area contributed by atoms with Gasteiger partial charge in [-0.25, -0.2) is 0 Å². The molecule has 1 saturated carbocycles. The second-order valence-electron chi connectivity index (χ2n) is 5.15. The number of allylic oxidation sites excluding steroid dienone is 2. The van der Waals surface area contributed by atoms with Crippen molar-refractivity contribution >= 4 is 0 Å². The molecule has 0 aliphatic heterocycles. The fourth-order valence-corrected chi connectivity index (χ4v) is 3.66. The van der Waals surface area contributed by atoms with Gasteiger partial charge in [-0.05, 0) is 42.4 Å². The summed E-state index contributed by atoms with van der Waals surface area (Å²) in [5, 5.41) is 0. The van der Waals surface area contributed by atoms with Crippen LogP contribution >= 0.6 is 0 Å². The van der Waals surface area contributed by atoms with Gasteiger partial charge in [0.2, 0.25) is 0 Å². The van der Waals surface area contributed by atoms with Crippen LogP contribution in [0.2, 0.25) is 0 Å². The van der Waals surface area contributed by atoms with Crippen molar-refractivity contribution in [2.45, 2.75) is 46.5 Å². The lowest BCUT2D eigenvalue weighted by atomic mass is 9.67. The molecule has 2 bridgehead atoms. The third-order valence-corrected chi connectivity index (χ3v) is 4.69. The zero-order chi connectivity index (χ0) is 9.47. The molecular weight excluding hydrogens is 156 g/mol. The van der Waals surface area contributed by atoms with Crippen molar-refractivity contribution in [3.8, 4) is 0 Å². The SMILES string of the molecule is CCCC1C2C=CC(C2)C1(C)CC. The molecular formula is C13H22. The van der Waals surface area contributed by atoms with E-state index >= 15 is 0 Å². The lowest BCUT2D eigenvalue weighted by molar-refractivity contribution is 0.146. The highest BCUT2D eigenvalue weighted by Gasteiger charge is 2.50. The van der Waals surface area contributed by atoms with Crippen molar-refractivity contribution in [3.05, 3.63) is 12.2 Å². The average Bonchev–Trinajstić information content (AvgIpc) is 2.69. The highest BCUT2D eigenvalue weighted by molar-refractivity contribution is 5.17. The summed E-state index contributed by atoms with van der Waals surface area (Å²) in [6, 6.07) is 0. The van der Waals surface area contributed by atoms with Gasteiger partial charge in [0.25, 0.3) is 0 Å². The second-order valence-corrected chi connectivity index (χ2v) is 5.15. The van der Waals surface area contributed by atoms with E-state index in [-0.39, 0.29) is 0 Å². The smallest absolute Gasteiger partial charge is 0.0171 e. The molecule has 2 aliphatic carbocycles. The average molecular weight is 178 g/mol. The standard InChI is InChI=1S/C13H22/c1-4-6-12-10-7-8-11(9-10)13(12,3)5-2/h7-8,10-12H,4-6,9H2,1-3H3. The summed E-state index contributed by atoms with van der Waals surface area (Å²) in [5.74, 6) is 2.81. The van der Waals surface area contributed by atoms with E-state index in [2.05, 4.69) is 32.9 Å². The summed E-state index contributed by atoms with van der Waals surface area (Å²) in [4.78, 5) is 0. The van der Waals surface area contributed by atoms with Crippen molar-refractivity contribution in [2.75, 3.05) is 0 Å². The number of hydrogen-bond donors (Lipinski definition) is 0. The summed E-state index contributed by atoms with van der Waals surface area (Å²) in [7, 11) is 0. The number of fused-ring (bicyclic) bond motifs is 2. The molecule has 0 N–H and O–H groups in total. The van der Waals surface area contributed by atoms with Crippen LogP contribution in [0.1, 0.15) is 46.5 Å². The van der Waals surface area contributed by atoms with Gasteiger partial charge in [-0.2, -0.15) is 0 Å². The Balaban J connectivity index is 2.20. The molecule has 0 radical (unpaired) electrons. The second kappa shape index (κ2) is 3.15. The van der Waals surface area contributed by atoms with Gasteiger partial charge in [0, 0.05) is 0 Å². The van der Waals surface area contributed by atoms with Crippen LogP contribution in [-0.2, 0) is 0 Å². The minimum atomic E-state index is 0.634. The lowest BCUT2D eigenvalue weighted by Crippen LogP contribution is -2.30. The van der Waals surface area contributed by atoms with E-state index in [4.69, 9.17) is 0 Å². The summed E-state index contributed by atoms with van der Waals surface area (Å²) in [6.07, 6.45) is 10.6. The van der Waals surface area contributed by atoms with Gasteiger partial charge in [0.05, 0.1) is 0 Å². The van der Waals surface area contributed by atoms with E-state index in [1.165, 1.54) is 25.7 Å². The van der Waals surface area contributed by atoms with Gasteiger partial charge >= 0.3 is 0 Å². The molecule has 74 valence electrons. The van der Waals surface area contributed by atoms with Crippen LogP contribution in [-0.4, -0.2) is 0 Å². The Morgan fingerprint density at radius 3 is 2.69 bits per heavy atom. The molecule has 0 amide bonds. The molecule has 0 heteroatoms. The monoisotopic (exact) mass is 178 g/mol. The first-order valence-electron chi connectivity index (χ1n) is 5.90. The van der Waals surface area contributed by atoms with Crippen LogP contribution in [0.15, 0.2) is 12.2 Å². The molecule has 0 aromatic rings. The minimum Gasteiger partial charge on any atom is -0.0848 e. The maximum atomic E-state index is 2.52. The van der Waals surface area contributed by atoms with Crippen molar-refractivity contribution in [2.24, 2.45) is 23.2 Å². The maximum Gasteiger partial charge on any atom is -0.0171 e. The van der Waals surface area contributed by atoms with E-state index in [0.29, 0.717) is 5.41 Å². The summed E-state index contributed by atoms with van der Waals surface area (Å²) in [6.45, 7) is 7.21. The Morgan fingerprint density at radius 1 is 1.31 bits per heavy atom. The van der Waals surface area contributed by atoms with Crippen LogP contribution < -0.4 is 0 Å². The first kappa shape index (κ1) is 9.30. The van der Waals surface area contributed by atoms with Crippen LogP contribution in [0, 0.1) is 23.2 Å². The third kappa shape index (κ3) is 1.18. The predicted molar refractivity (Wildman–Crippen MR) is 57.5 cm³/mol. The fourth-order valence-electron chi connectivity index (χ4n) is 3.66. The van der Waals surface area contributed by atoms with Crippen molar-refractivity contribution in [1.29, 1.82) is 0 Å². The van der Waals surface area contributed by atoms with E-state index in [0.717, 1.165) is 17.8 Å². The normalized spacial score (nSPS) is 47.5. The Bertz CT molecular complexity index is 216. The zero-order valence-corrected chi connectivity index (χ0v) is 9.22. The Morgan fingerprint density at radius 2 is 2.08 bits per heavy atom. The van der Waals surface area contributed by atoms with Gasteiger partial charge in [0.1, 0.15) is 0 Å². The molecule has 13 heavy (non-hydrogen) atoms. The van der Waals surface area contributed by atoms with Crippen molar-refractivity contribution in [3.63, 3.8) is 0 Å². The molecule has 0 aromatic carbocycles. The van der Waals surface area contributed by atoms with Crippen molar-refractivity contribution < 1.29 is 0 Å². The number of rotatable bonds is 3. The summed E-state index contributed by atoms with van der Waals surface area (Å²) in [5.41, 5.74) is 0.634. The summed E-state index contributed by atoms with van der Waals surface area (Å²) >= 11 is 0. The molecule has 0 nitrogen and oxygen atoms in total. The molecule has 0 saturated heterocycles. The van der Waals surface area contributed by atoms with E-state index < -0.39 is 0 Å². The zero-order valence-electron chi connectivity index (χ0n) is 9.22. The van der Waals surface area contributed by atoms with Gasteiger partial charge in [-0.3, -0.25) is 0 Å². The predicted octanol–water partition coefficient (Wildman–Crippen LogP) is 4.02. The summed E-state index contributed by atoms with van der Waals surface area (Å²) < 4.78 is 0. The molecule has 2 rings (SSSR count). The largest absolute Gasteiger partial charge is 0.0848 e. The third-order valence-electron chi connectivity index (χ3n) is 4.69. The Kier molecular flexibility index (Phi) is 2.25. The van der Waals surface area contributed by atoms with Crippen LogP contribution in [0.3, 0.4) is 0 Å². The maximum absolute atomic E-state index is 2.52. The quantitative estimate of drug-likeness (QED) is 0.572. The highest BCUT2D eigenvalue weighted by atomic mass is 14.5. The first-order valence-corrected chi connectivity index (χ1v) is 5.90. The van der Waals surface area contributed by atoms with E-state index in [1.54, 1.807) is 0 Å². The van der Waals surface area contributed by atoms with Crippen LogP contribution in [0.5, 0.6) is 0 Å². The van der Waals surface area contributed by atoms with Gasteiger partial charge in [-0.15, -0.1) is 0 Å². The lowest BCUT2D eigenvalue weighted by Gasteiger charge is -2.38. The van der Waals surface area contributed by atoms with Crippen LogP contribution in [0.4, 0.5) is 0 Å². The Hall–Kier alpha value is -0.260. The highest BCUT2D eigenvalue weighted by Crippen LogP contribution is 2.58. The molecule has 0 spiro atoms. The molecule has 4 atom stereocenters. The molecule has 2 aliphatic rings. The topological polar surface area (TPSA) is 0 Å². The first-order chi connectivity index (χ1) is 6.22. The van der Waals surface area contributed by atoms with E-state index in [1.807, 2.05) is 0 Å². The van der Waals surface area contributed by atoms with Gasteiger partial charge < -0.3 is 0 Å². The molecule has 0 heterocycles. The number of hydrogen-bond acceptors (Lipinski definition) is 0. The van der Waals surface area contributed by atoms with Crippen LogP contribution in [0.25, 0.3) is 0 Å². The van der Waals surface area contributed by atoms with Gasteiger partial charge in [-0.1, -0.05) is 39.3 Å². The van der Waals surface area contributed by atoms with E-state index in [9.17, 15) is 0 Å². The molecule has 4 unspecified atom stereocenters. The molecule has 0 aromatic heterocycles.